The maximum absolute atomic E-state index is 3.26. The van der Waals surface area contributed by atoms with Gasteiger partial charge in [0.05, 0.1) is 0 Å². The Kier molecular flexibility index (Phi) is 3.56. The summed E-state index contributed by atoms with van der Waals surface area (Å²) in [5, 5.41) is 3.26. The lowest BCUT2D eigenvalue weighted by Crippen LogP contribution is -2.04. The van der Waals surface area contributed by atoms with Gasteiger partial charge in [0, 0.05) is 6.54 Å². The normalized spacial score (nSPS) is 9.46. The van der Waals surface area contributed by atoms with Gasteiger partial charge in [-0.1, -0.05) is 35.4 Å². The van der Waals surface area contributed by atoms with Gasteiger partial charge in [0.25, 0.3) is 0 Å². The van der Waals surface area contributed by atoms with Crippen LogP contribution in [0.15, 0.2) is 36.0 Å². The third-order valence-corrected chi connectivity index (χ3v) is 1.82. The molecule has 0 fully saturated rings. The van der Waals surface area contributed by atoms with Crippen molar-refractivity contribution >= 4 is 0 Å². The van der Waals surface area contributed by atoms with Gasteiger partial charge in [0.15, 0.2) is 0 Å². The van der Waals surface area contributed by atoms with Crippen LogP contribution in [0, 0.1) is 6.92 Å². The number of hydrogen-bond donors (Lipinski definition) is 1. The average molecular weight is 175 g/mol. The molecule has 0 saturated heterocycles. The van der Waals surface area contributed by atoms with E-state index < -0.39 is 0 Å². The van der Waals surface area contributed by atoms with Crippen LogP contribution in [-0.4, -0.2) is 0 Å². The van der Waals surface area contributed by atoms with Crippen molar-refractivity contribution in [3.05, 3.63) is 47.2 Å². The van der Waals surface area contributed by atoms with E-state index in [1.54, 1.807) is 0 Å². The van der Waals surface area contributed by atoms with Crippen LogP contribution in [0.3, 0.4) is 0 Å². The highest BCUT2D eigenvalue weighted by Gasteiger charge is 1.89. The third-order valence-electron chi connectivity index (χ3n) is 1.82. The smallest absolute Gasteiger partial charge is 0.0395 e. The second kappa shape index (κ2) is 4.70. The zero-order valence-corrected chi connectivity index (χ0v) is 8.59. The summed E-state index contributed by atoms with van der Waals surface area (Å²) in [5.41, 5.74) is 3.93. The van der Waals surface area contributed by atoms with Crippen LogP contribution < -0.4 is 5.32 Å². The van der Waals surface area contributed by atoms with Gasteiger partial charge in [0.1, 0.15) is 0 Å². The van der Waals surface area contributed by atoms with Gasteiger partial charge >= 0.3 is 0 Å². The van der Waals surface area contributed by atoms with E-state index in [1.165, 1.54) is 16.7 Å². The largest absolute Gasteiger partial charge is 0.387 e. The molecule has 0 aliphatic carbocycles. The number of rotatable bonds is 3. The summed E-state index contributed by atoms with van der Waals surface area (Å²) in [7, 11) is 0. The van der Waals surface area contributed by atoms with Crippen molar-refractivity contribution in [2.45, 2.75) is 27.3 Å². The van der Waals surface area contributed by atoms with E-state index in [4.69, 9.17) is 0 Å². The highest BCUT2D eigenvalue weighted by Crippen LogP contribution is 2.02. The topological polar surface area (TPSA) is 12.0 Å². The predicted octanol–water partition coefficient (Wildman–Crippen LogP) is 3.01. The molecule has 1 aromatic rings. The molecule has 0 amide bonds. The predicted molar refractivity (Wildman–Crippen MR) is 57.4 cm³/mol. The highest BCUT2D eigenvalue weighted by atomic mass is 14.8. The van der Waals surface area contributed by atoms with E-state index in [0.717, 1.165) is 6.54 Å². The molecule has 1 N–H and O–H groups in total. The molecule has 0 spiro atoms. The second-order valence-corrected chi connectivity index (χ2v) is 3.59. The van der Waals surface area contributed by atoms with Gasteiger partial charge < -0.3 is 5.32 Å². The Hall–Kier alpha value is -1.24. The van der Waals surface area contributed by atoms with E-state index in [1.807, 2.05) is 6.20 Å². The van der Waals surface area contributed by atoms with Crippen molar-refractivity contribution in [1.29, 1.82) is 0 Å². The number of hydrogen-bond acceptors (Lipinski definition) is 1. The maximum atomic E-state index is 3.26. The summed E-state index contributed by atoms with van der Waals surface area (Å²) in [4.78, 5) is 0. The van der Waals surface area contributed by atoms with Crippen molar-refractivity contribution in [2.24, 2.45) is 0 Å². The minimum absolute atomic E-state index is 0.908. The first-order valence-electron chi connectivity index (χ1n) is 4.61. The van der Waals surface area contributed by atoms with Crippen LogP contribution in [0.1, 0.15) is 25.0 Å². The van der Waals surface area contributed by atoms with Crippen LogP contribution in [0.4, 0.5) is 0 Å². The number of benzene rings is 1. The Bertz CT molecular complexity index is 278. The quantitative estimate of drug-likeness (QED) is 0.744. The van der Waals surface area contributed by atoms with E-state index >= 15 is 0 Å². The minimum atomic E-state index is 0.908. The maximum Gasteiger partial charge on any atom is 0.0395 e. The van der Waals surface area contributed by atoms with Crippen molar-refractivity contribution < 1.29 is 0 Å². The first-order valence-corrected chi connectivity index (χ1v) is 4.61. The molecule has 1 nitrogen and oxygen atoms in total. The molecule has 13 heavy (non-hydrogen) atoms. The molecule has 0 atom stereocenters. The van der Waals surface area contributed by atoms with Gasteiger partial charge in [-0.3, -0.25) is 0 Å². The Morgan fingerprint density at radius 3 is 2.38 bits per heavy atom. The Morgan fingerprint density at radius 1 is 1.23 bits per heavy atom. The van der Waals surface area contributed by atoms with E-state index in [0.29, 0.717) is 0 Å². The van der Waals surface area contributed by atoms with Crippen LogP contribution >= 0.6 is 0 Å². The van der Waals surface area contributed by atoms with Gasteiger partial charge in [-0.2, -0.15) is 0 Å². The standard InChI is InChI=1S/C12H17N/c1-10(2)8-13-9-12-6-4-11(3)5-7-12/h4-8,13H,9H2,1-3H3. The second-order valence-electron chi connectivity index (χ2n) is 3.59. The molecule has 1 heteroatoms. The molecule has 0 aromatic heterocycles. The third kappa shape index (κ3) is 3.79. The lowest BCUT2D eigenvalue weighted by atomic mass is 10.1. The summed E-state index contributed by atoms with van der Waals surface area (Å²) in [6.07, 6.45) is 2.04. The number of allylic oxidation sites excluding steroid dienone is 1. The number of nitrogens with one attached hydrogen (secondary N) is 1. The fourth-order valence-corrected chi connectivity index (χ4v) is 1.08. The molecule has 0 saturated carbocycles. The summed E-state index contributed by atoms with van der Waals surface area (Å²) in [5.74, 6) is 0. The lowest BCUT2D eigenvalue weighted by Gasteiger charge is -2.02. The zero-order chi connectivity index (χ0) is 9.68. The molecule has 0 aliphatic heterocycles. The van der Waals surface area contributed by atoms with Crippen molar-refractivity contribution in [2.75, 3.05) is 0 Å². The molecule has 1 aromatic carbocycles. The molecule has 0 unspecified atom stereocenters. The summed E-state index contributed by atoms with van der Waals surface area (Å²) in [6, 6.07) is 8.58. The molecule has 0 radical (unpaired) electrons. The Balaban J connectivity index is 2.46. The first kappa shape index (κ1) is 9.85. The lowest BCUT2D eigenvalue weighted by molar-refractivity contribution is 0.859. The van der Waals surface area contributed by atoms with Gasteiger partial charge in [-0.05, 0) is 32.5 Å². The van der Waals surface area contributed by atoms with Crippen molar-refractivity contribution in [3.8, 4) is 0 Å². The summed E-state index contributed by atoms with van der Waals surface area (Å²) in [6.45, 7) is 7.18. The SMILES string of the molecule is CC(C)=CNCc1ccc(C)cc1. The van der Waals surface area contributed by atoms with Crippen LogP contribution in [0.5, 0.6) is 0 Å². The minimum Gasteiger partial charge on any atom is -0.387 e. The Labute approximate surface area is 80.5 Å². The zero-order valence-electron chi connectivity index (χ0n) is 8.59. The highest BCUT2D eigenvalue weighted by molar-refractivity contribution is 5.21. The van der Waals surface area contributed by atoms with E-state index in [2.05, 4.69) is 50.4 Å². The van der Waals surface area contributed by atoms with Gasteiger partial charge in [0.2, 0.25) is 0 Å². The first-order chi connectivity index (χ1) is 6.18. The molecule has 0 heterocycles. The van der Waals surface area contributed by atoms with Crippen molar-refractivity contribution in [1.82, 2.24) is 5.32 Å². The molecule has 1 rings (SSSR count). The van der Waals surface area contributed by atoms with Gasteiger partial charge in [-0.15, -0.1) is 0 Å². The molecular formula is C12H17N. The average Bonchev–Trinajstić information content (AvgIpc) is 2.08. The Morgan fingerprint density at radius 2 is 1.85 bits per heavy atom. The van der Waals surface area contributed by atoms with E-state index in [-0.39, 0.29) is 0 Å². The fraction of sp³-hybridized carbons (Fsp3) is 0.333. The van der Waals surface area contributed by atoms with Crippen molar-refractivity contribution in [3.63, 3.8) is 0 Å². The molecule has 70 valence electrons. The summed E-state index contributed by atoms with van der Waals surface area (Å²) < 4.78 is 0. The molecule has 0 bridgehead atoms. The van der Waals surface area contributed by atoms with Crippen LogP contribution in [0.2, 0.25) is 0 Å². The van der Waals surface area contributed by atoms with Gasteiger partial charge in [-0.25, -0.2) is 0 Å². The van der Waals surface area contributed by atoms with Crippen LogP contribution in [-0.2, 0) is 6.54 Å². The molecule has 0 aliphatic rings. The molecular weight excluding hydrogens is 158 g/mol. The fourth-order valence-electron chi connectivity index (χ4n) is 1.08. The summed E-state index contributed by atoms with van der Waals surface area (Å²) >= 11 is 0. The monoisotopic (exact) mass is 175 g/mol. The number of aryl methyl sites for hydroxylation is 1. The van der Waals surface area contributed by atoms with Crippen LogP contribution in [0.25, 0.3) is 0 Å². The van der Waals surface area contributed by atoms with E-state index in [9.17, 15) is 0 Å².